The number of hydrogen-bond acceptors (Lipinski definition) is 7. The molecule has 3 heterocycles. The summed E-state index contributed by atoms with van der Waals surface area (Å²) in [6.07, 6.45) is 6.73. The number of anilines is 3. The van der Waals surface area contributed by atoms with E-state index >= 15 is 0 Å². The molecule has 37 heavy (non-hydrogen) atoms. The van der Waals surface area contributed by atoms with Crippen molar-refractivity contribution < 1.29 is 4.39 Å². The maximum absolute atomic E-state index is 13.6. The molecule has 0 bridgehead atoms. The van der Waals surface area contributed by atoms with E-state index in [1.54, 1.807) is 12.1 Å². The lowest BCUT2D eigenvalue weighted by Gasteiger charge is -2.15. The Morgan fingerprint density at radius 3 is 2.78 bits per heavy atom. The van der Waals surface area contributed by atoms with Crippen LogP contribution in [0.15, 0.2) is 42.7 Å². The zero-order valence-corrected chi connectivity index (χ0v) is 21.7. The molecule has 190 valence electrons. The molecule has 0 spiro atoms. The van der Waals surface area contributed by atoms with E-state index in [0.717, 1.165) is 43.7 Å². The van der Waals surface area contributed by atoms with Crippen LogP contribution in [-0.2, 0) is 6.54 Å². The van der Waals surface area contributed by atoms with E-state index in [-0.39, 0.29) is 5.02 Å². The van der Waals surface area contributed by atoms with Gasteiger partial charge in [0.05, 0.1) is 45.6 Å². The van der Waals surface area contributed by atoms with Gasteiger partial charge in [-0.25, -0.2) is 9.07 Å². The van der Waals surface area contributed by atoms with Crippen LogP contribution in [0.3, 0.4) is 0 Å². The number of likely N-dealkylation sites (tertiary alicyclic amines) is 1. The van der Waals surface area contributed by atoms with Crippen molar-refractivity contribution in [3.63, 3.8) is 0 Å². The summed E-state index contributed by atoms with van der Waals surface area (Å²) < 4.78 is 15.6. The van der Waals surface area contributed by atoms with E-state index in [9.17, 15) is 9.65 Å². The molecule has 1 fully saturated rings. The van der Waals surface area contributed by atoms with Crippen molar-refractivity contribution in [1.29, 1.82) is 5.26 Å². The van der Waals surface area contributed by atoms with Crippen molar-refractivity contribution in [2.45, 2.75) is 31.8 Å². The number of nitrogens with one attached hydrogen (secondary N) is 2. The van der Waals surface area contributed by atoms with Gasteiger partial charge in [-0.3, -0.25) is 4.98 Å². The molecular weight excluding hydrogens is 514 g/mol. The number of aromatic nitrogens is 4. The normalized spacial score (nSPS) is 16.4. The molecule has 0 radical (unpaired) electrons. The van der Waals surface area contributed by atoms with Gasteiger partial charge in [-0.05, 0) is 69.7 Å². The zero-order chi connectivity index (χ0) is 25.9. The molecule has 1 aliphatic rings. The van der Waals surface area contributed by atoms with Crippen LogP contribution in [0.2, 0.25) is 10.0 Å². The first kappa shape index (κ1) is 25.2. The van der Waals surface area contributed by atoms with Gasteiger partial charge < -0.3 is 15.5 Å². The number of rotatable bonds is 6. The fraction of sp³-hybridized carbons (Fsp3) is 0.308. The summed E-state index contributed by atoms with van der Waals surface area (Å²) in [6, 6.07) is 10.4. The Labute approximate surface area is 224 Å². The average Bonchev–Trinajstić information content (AvgIpc) is 3.25. The van der Waals surface area contributed by atoms with Gasteiger partial charge >= 0.3 is 0 Å². The SMILES string of the molecule is CN1CCCC(n2cc(CNc3cc(Cl)c4ncc(C#N)c(Nc5ccc(F)c(Cl)c5)c4c3)nn2)CC1. The molecule has 8 nitrogen and oxygen atoms in total. The Balaban J connectivity index is 1.39. The molecule has 1 atom stereocenters. The third kappa shape index (κ3) is 5.62. The van der Waals surface area contributed by atoms with Crippen LogP contribution < -0.4 is 10.6 Å². The number of hydrogen-bond donors (Lipinski definition) is 2. The van der Waals surface area contributed by atoms with Crippen LogP contribution in [0, 0.1) is 17.1 Å². The van der Waals surface area contributed by atoms with E-state index in [1.165, 1.54) is 18.3 Å². The minimum Gasteiger partial charge on any atom is -0.379 e. The molecule has 1 unspecified atom stereocenters. The van der Waals surface area contributed by atoms with E-state index in [1.807, 2.05) is 16.9 Å². The second kappa shape index (κ2) is 10.9. The Morgan fingerprint density at radius 2 is 1.97 bits per heavy atom. The van der Waals surface area contributed by atoms with Crippen LogP contribution in [0.5, 0.6) is 0 Å². The summed E-state index contributed by atoms with van der Waals surface area (Å²) >= 11 is 12.5. The fourth-order valence-electron chi connectivity index (χ4n) is 4.55. The number of halogens is 3. The van der Waals surface area contributed by atoms with E-state index in [2.05, 4.69) is 43.9 Å². The van der Waals surface area contributed by atoms with Crippen LogP contribution in [-0.4, -0.2) is 45.0 Å². The van der Waals surface area contributed by atoms with Crippen LogP contribution in [0.4, 0.5) is 21.5 Å². The molecule has 0 aliphatic carbocycles. The third-order valence-corrected chi connectivity index (χ3v) is 7.14. The van der Waals surface area contributed by atoms with Crippen molar-refractivity contribution in [3.05, 3.63) is 69.8 Å². The topological polar surface area (TPSA) is 94.7 Å². The number of fused-ring (bicyclic) bond motifs is 1. The molecular formula is C26H25Cl2FN8. The van der Waals surface area contributed by atoms with Gasteiger partial charge in [-0.1, -0.05) is 28.4 Å². The minimum absolute atomic E-state index is 0.0221. The summed E-state index contributed by atoms with van der Waals surface area (Å²) in [5, 5.41) is 26.0. The van der Waals surface area contributed by atoms with Crippen LogP contribution in [0.1, 0.15) is 36.6 Å². The maximum Gasteiger partial charge on any atom is 0.141 e. The van der Waals surface area contributed by atoms with Gasteiger partial charge in [0.1, 0.15) is 17.6 Å². The monoisotopic (exact) mass is 538 g/mol. The predicted molar refractivity (Wildman–Crippen MR) is 144 cm³/mol. The molecule has 5 rings (SSSR count). The Kier molecular flexibility index (Phi) is 7.42. The fourth-order valence-corrected chi connectivity index (χ4v) is 5.00. The molecule has 0 saturated carbocycles. The summed E-state index contributed by atoms with van der Waals surface area (Å²) in [5.74, 6) is -0.523. The highest BCUT2D eigenvalue weighted by atomic mass is 35.5. The van der Waals surface area contributed by atoms with Gasteiger partial charge in [0.2, 0.25) is 0 Å². The Bertz CT molecular complexity index is 1480. The molecule has 2 aromatic heterocycles. The Hall–Kier alpha value is -3.45. The molecule has 2 N–H and O–H groups in total. The van der Waals surface area contributed by atoms with E-state index < -0.39 is 5.82 Å². The molecule has 2 aromatic carbocycles. The summed E-state index contributed by atoms with van der Waals surface area (Å²) in [7, 11) is 2.15. The van der Waals surface area contributed by atoms with Crippen molar-refractivity contribution in [3.8, 4) is 6.07 Å². The van der Waals surface area contributed by atoms with Crippen molar-refractivity contribution in [1.82, 2.24) is 24.9 Å². The first-order valence-corrected chi connectivity index (χ1v) is 12.7. The van der Waals surface area contributed by atoms with Gasteiger partial charge in [0.15, 0.2) is 0 Å². The Morgan fingerprint density at radius 1 is 1.14 bits per heavy atom. The first-order chi connectivity index (χ1) is 17.9. The van der Waals surface area contributed by atoms with Crippen molar-refractivity contribution >= 4 is 51.2 Å². The van der Waals surface area contributed by atoms with Crippen molar-refractivity contribution in [2.24, 2.45) is 0 Å². The molecule has 0 amide bonds. The molecule has 4 aromatic rings. The van der Waals surface area contributed by atoms with Crippen LogP contribution >= 0.6 is 23.2 Å². The third-order valence-electron chi connectivity index (χ3n) is 6.56. The summed E-state index contributed by atoms with van der Waals surface area (Å²) in [4.78, 5) is 6.73. The zero-order valence-electron chi connectivity index (χ0n) is 20.2. The maximum atomic E-state index is 13.6. The molecule has 1 saturated heterocycles. The lowest BCUT2D eigenvalue weighted by Crippen LogP contribution is -2.19. The standard InChI is InChI=1S/C26H25Cl2FN8/c1-36-7-2-3-20(6-8-36)37-15-19(34-35-37)14-31-18-9-21-25(33-17-4-5-24(29)22(27)10-17)16(12-30)13-32-26(21)23(28)11-18/h4-5,9-11,13,15,20,31H,2-3,6-8,14H2,1H3,(H,32,33). The van der Waals surface area contributed by atoms with Crippen LogP contribution in [0.25, 0.3) is 10.9 Å². The van der Waals surface area contributed by atoms with Gasteiger partial charge in [0.25, 0.3) is 0 Å². The highest BCUT2D eigenvalue weighted by Gasteiger charge is 2.18. The van der Waals surface area contributed by atoms with Gasteiger partial charge in [0, 0.05) is 23.0 Å². The number of pyridine rings is 1. The highest BCUT2D eigenvalue weighted by molar-refractivity contribution is 6.36. The highest BCUT2D eigenvalue weighted by Crippen LogP contribution is 2.35. The lowest BCUT2D eigenvalue weighted by atomic mass is 10.1. The second-order valence-electron chi connectivity index (χ2n) is 9.20. The first-order valence-electron chi connectivity index (χ1n) is 12.0. The number of nitrogens with zero attached hydrogens (tertiary/aromatic N) is 6. The summed E-state index contributed by atoms with van der Waals surface area (Å²) in [5.41, 5.74) is 3.44. The smallest absolute Gasteiger partial charge is 0.141 e. The van der Waals surface area contributed by atoms with Gasteiger partial charge in [-0.2, -0.15) is 5.26 Å². The van der Waals surface area contributed by atoms with E-state index in [0.29, 0.717) is 45.5 Å². The largest absolute Gasteiger partial charge is 0.379 e. The van der Waals surface area contributed by atoms with Gasteiger partial charge in [-0.15, -0.1) is 5.10 Å². The number of benzene rings is 2. The average molecular weight is 539 g/mol. The lowest BCUT2D eigenvalue weighted by molar-refractivity contribution is 0.335. The molecule has 1 aliphatic heterocycles. The number of nitriles is 1. The van der Waals surface area contributed by atoms with Crippen molar-refractivity contribution in [2.75, 3.05) is 30.8 Å². The minimum atomic E-state index is -0.523. The van der Waals surface area contributed by atoms with E-state index in [4.69, 9.17) is 23.2 Å². The summed E-state index contributed by atoms with van der Waals surface area (Å²) in [6.45, 7) is 2.61. The second-order valence-corrected chi connectivity index (χ2v) is 10.0. The predicted octanol–water partition coefficient (Wildman–Crippen LogP) is 6.16. The quantitative estimate of drug-likeness (QED) is 0.303. The molecule has 11 heteroatoms.